The first-order valence-electron chi connectivity index (χ1n) is 8.63. The van der Waals surface area contributed by atoms with E-state index in [1.54, 1.807) is 17.9 Å². The van der Waals surface area contributed by atoms with Crippen molar-refractivity contribution in [1.29, 1.82) is 0 Å². The molecule has 1 aliphatic rings. The first-order valence-corrected chi connectivity index (χ1v) is 8.63. The molecule has 3 rings (SSSR count). The average Bonchev–Trinajstić information content (AvgIpc) is 3.37. The van der Waals surface area contributed by atoms with Crippen molar-refractivity contribution in [2.45, 2.75) is 58.3 Å². The minimum absolute atomic E-state index is 0.0131. The molecule has 0 atom stereocenters. The van der Waals surface area contributed by atoms with Gasteiger partial charge in [-0.1, -0.05) is 23.4 Å². The van der Waals surface area contributed by atoms with Crippen LogP contribution in [0.15, 0.2) is 28.8 Å². The summed E-state index contributed by atoms with van der Waals surface area (Å²) in [5.41, 5.74) is 1.10. The van der Waals surface area contributed by atoms with Crippen molar-refractivity contribution >= 4 is 5.91 Å². The molecule has 1 aliphatic carbocycles. The number of amides is 1. The zero-order valence-corrected chi connectivity index (χ0v) is 14.8. The fourth-order valence-corrected chi connectivity index (χ4v) is 3.16. The zero-order chi connectivity index (χ0) is 18.9. The molecule has 1 aromatic heterocycles. The number of rotatable bonds is 6. The molecule has 0 N–H and O–H groups in total. The molecule has 4 nitrogen and oxygen atoms in total. The molecule has 0 unspecified atom stereocenters. The van der Waals surface area contributed by atoms with Crippen molar-refractivity contribution in [2.75, 3.05) is 0 Å². The number of nitrogens with zero attached hydrogens (tertiary/aromatic N) is 2. The van der Waals surface area contributed by atoms with Crippen LogP contribution < -0.4 is 0 Å². The van der Waals surface area contributed by atoms with Gasteiger partial charge < -0.3 is 9.42 Å². The Labute approximate surface area is 150 Å². The second-order valence-electron chi connectivity index (χ2n) is 6.71. The van der Waals surface area contributed by atoms with E-state index >= 15 is 0 Å². The van der Waals surface area contributed by atoms with Crippen molar-refractivity contribution in [3.63, 3.8) is 0 Å². The molecule has 1 amide bonds. The monoisotopic (exact) mass is 366 g/mol. The van der Waals surface area contributed by atoms with Gasteiger partial charge in [0.25, 0.3) is 0 Å². The fraction of sp³-hybridized carbons (Fsp3) is 0.474. The molecule has 1 heterocycles. The van der Waals surface area contributed by atoms with Crippen LogP contribution in [0.1, 0.15) is 47.4 Å². The number of hydrogen-bond acceptors (Lipinski definition) is 3. The Hall–Kier alpha value is -2.31. The van der Waals surface area contributed by atoms with E-state index in [0.717, 1.165) is 30.2 Å². The summed E-state index contributed by atoms with van der Waals surface area (Å²) in [7, 11) is 0. The number of aromatic nitrogens is 1. The third-order valence-corrected chi connectivity index (χ3v) is 4.74. The van der Waals surface area contributed by atoms with Gasteiger partial charge >= 0.3 is 6.18 Å². The Kier molecular flexibility index (Phi) is 5.07. The van der Waals surface area contributed by atoms with E-state index in [4.69, 9.17) is 4.52 Å². The van der Waals surface area contributed by atoms with Gasteiger partial charge in [0.15, 0.2) is 0 Å². The van der Waals surface area contributed by atoms with Crippen LogP contribution in [0.5, 0.6) is 0 Å². The third kappa shape index (κ3) is 4.08. The van der Waals surface area contributed by atoms with Crippen LogP contribution in [0.3, 0.4) is 0 Å². The fourth-order valence-electron chi connectivity index (χ4n) is 3.16. The Morgan fingerprint density at radius 3 is 2.54 bits per heavy atom. The number of hydrogen-bond donors (Lipinski definition) is 0. The van der Waals surface area contributed by atoms with Gasteiger partial charge in [-0.25, -0.2) is 0 Å². The summed E-state index contributed by atoms with van der Waals surface area (Å²) in [6.45, 7) is 3.59. The van der Waals surface area contributed by atoms with Gasteiger partial charge in [-0.2, -0.15) is 13.2 Å². The van der Waals surface area contributed by atoms with Crippen molar-refractivity contribution < 1.29 is 22.5 Å². The van der Waals surface area contributed by atoms with E-state index in [1.165, 1.54) is 12.1 Å². The van der Waals surface area contributed by atoms with Crippen LogP contribution in [-0.2, 0) is 23.9 Å². The molecule has 0 saturated heterocycles. The lowest BCUT2D eigenvalue weighted by molar-refractivity contribution is -0.140. The summed E-state index contributed by atoms with van der Waals surface area (Å²) in [5, 5.41) is 3.87. The van der Waals surface area contributed by atoms with E-state index in [-0.39, 0.29) is 30.5 Å². The van der Waals surface area contributed by atoms with Crippen LogP contribution in [0, 0.1) is 13.8 Å². The van der Waals surface area contributed by atoms with Gasteiger partial charge in [-0.05, 0) is 44.7 Å². The maximum absolute atomic E-state index is 13.2. The van der Waals surface area contributed by atoms with E-state index < -0.39 is 11.7 Å². The number of carbonyl (C=O) groups is 1. The number of carbonyl (C=O) groups excluding carboxylic acids is 1. The van der Waals surface area contributed by atoms with Gasteiger partial charge in [0.2, 0.25) is 5.91 Å². The van der Waals surface area contributed by atoms with E-state index in [1.807, 2.05) is 6.92 Å². The summed E-state index contributed by atoms with van der Waals surface area (Å²) >= 11 is 0. The molecule has 2 aromatic rings. The topological polar surface area (TPSA) is 46.3 Å². The molecular formula is C19H21F3N2O2. The Bertz CT molecular complexity index is 775. The average molecular weight is 366 g/mol. The first kappa shape index (κ1) is 18.5. The minimum atomic E-state index is -4.43. The van der Waals surface area contributed by atoms with Gasteiger partial charge in [-0.15, -0.1) is 0 Å². The van der Waals surface area contributed by atoms with Crippen LogP contribution in [0.2, 0.25) is 0 Å². The van der Waals surface area contributed by atoms with Crippen molar-refractivity contribution in [2.24, 2.45) is 0 Å². The molecule has 0 spiro atoms. The third-order valence-electron chi connectivity index (χ3n) is 4.74. The molecule has 1 fully saturated rings. The predicted octanol–water partition coefficient (Wildman–Crippen LogP) is 4.43. The summed E-state index contributed by atoms with van der Waals surface area (Å²) in [5.74, 6) is 0.542. The lowest BCUT2D eigenvalue weighted by Gasteiger charge is -2.24. The summed E-state index contributed by atoms with van der Waals surface area (Å²) in [4.78, 5) is 14.3. The molecule has 0 aliphatic heterocycles. The minimum Gasteiger partial charge on any atom is -0.361 e. The van der Waals surface area contributed by atoms with Gasteiger partial charge in [0, 0.05) is 24.6 Å². The SMILES string of the molecule is Cc1noc(C)c1CCC(=O)N(Cc1ccccc1C(F)(F)F)C1CC1. The number of benzene rings is 1. The molecule has 1 aromatic carbocycles. The second kappa shape index (κ2) is 7.13. The number of aryl methyl sites for hydroxylation is 2. The summed E-state index contributed by atoms with van der Waals surface area (Å²) in [6, 6.07) is 5.49. The Balaban J connectivity index is 1.73. The highest BCUT2D eigenvalue weighted by Crippen LogP contribution is 2.35. The Morgan fingerprint density at radius 2 is 1.96 bits per heavy atom. The molecular weight excluding hydrogens is 345 g/mol. The summed E-state index contributed by atoms with van der Waals surface area (Å²) in [6.07, 6.45) is -2.04. The van der Waals surface area contributed by atoms with Crippen LogP contribution in [0.4, 0.5) is 13.2 Å². The highest BCUT2D eigenvalue weighted by atomic mass is 19.4. The van der Waals surface area contributed by atoms with Crippen LogP contribution >= 0.6 is 0 Å². The molecule has 0 bridgehead atoms. The molecule has 0 radical (unpaired) electrons. The lowest BCUT2D eigenvalue weighted by Crippen LogP contribution is -2.33. The van der Waals surface area contributed by atoms with Gasteiger partial charge in [0.05, 0.1) is 11.3 Å². The highest BCUT2D eigenvalue weighted by molar-refractivity contribution is 5.77. The molecule has 1 saturated carbocycles. The standard InChI is InChI=1S/C19H21F3N2O2/c1-12-16(13(2)26-23-12)9-10-18(25)24(15-7-8-15)11-14-5-3-4-6-17(14)19(20,21)22/h3-6,15H,7-11H2,1-2H3. The molecule has 140 valence electrons. The van der Waals surface area contributed by atoms with Gasteiger partial charge in [-0.3, -0.25) is 4.79 Å². The summed E-state index contributed by atoms with van der Waals surface area (Å²) < 4.78 is 44.8. The largest absolute Gasteiger partial charge is 0.416 e. The van der Waals surface area contributed by atoms with Gasteiger partial charge in [0.1, 0.15) is 5.76 Å². The molecule has 26 heavy (non-hydrogen) atoms. The van der Waals surface area contributed by atoms with Crippen molar-refractivity contribution in [3.8, 4) is 0 Å². The zero-order valence-electron chi connectivity index (χ0n) is 14.8. The van der Waals surface area contributed by atoms with Crippen molar-refractivity contribution in [3.05, 3.63) is 52.4 Å². The van der Waals surface area contributed by atoms with Crippen LogP contribution in [-0.4, -0.2) is 22.0 Å². The number of halogens is 3. The maximum Gasteiger partial charge on any atom is 0.416 e. The van der Waals surface area contributed by atoms with Crippen molar-refractivity contribution in [1.82, 2.24) is 10.1 Å². The molecule has 7 heteroatoms. The predicted molar refractivity (Wildman–Crippen MR) is 89.3 cm³/mol. The number of alkyl halides is 3. The Morgan fingerprint density at radius 1 is 1.27 bits per heavy atom. The highest BCUT2D eigenvalue weighted by Gasteiger charge is 2.36. The normalized spacial score (nSPS) is 14.5. The first-order chi connectivity index (χ1) is 12.3. The van der Waals surface area contributed by atoms with E-state index in [0.29, 0.717) is 12.2 Å². The van der Waals surface area contributed by atoms with Crippen LogP contribution in [0.25, 0.3) is 0 Å². The maximum atomic E-state index is 13.2. The quantitative estimate of drug-likeness (QED) is 0.760. The van der Waals surface area contributed by atoms with E-state index in [2.05, 4.69) is 5.16 Å². The smallest absolute Gasteiger partial charge is 0.361 e. The second-order valence-corrected chi connectivity index (χ2v) is 6.71. The van der Waals surface area contributed by atoms with E-state index in [9.17, 15) is 18.0 Å². The lowest BCUT2D eigenvalue weighted by atomic mass is 10.1.